The smallest absolute Gasteiger partial charge is 0.338 e. The Hall–Kier alpha value is -2.24. The molecule has 1 aromatic carbocycles. The number of rotatable bonds is 4. The minimum absolute atomic E-state index is 0.178. The second-order valence-corrected chi connectivity index (χ2v) is 3.80. The first kappa shape index (κ1) is 14.8. The molecule has 0 heterocycles. The van der Waals surface area contributed by atoms with E-state index in [1.807, 2.05) is 0 Å². The van der Waals surface area contributed by atoms with E-state index in [2.05, 4.69) is 4.74 Å². The molecule has 0 spiro atoms. The molecule has 0 aliphatic heterocycles. The van der Waals surface area contributed by atoms with Gasteiger partial charge in [-0.2, -0.15) is 0 Å². The summed E-state index contributed by atoms with van der Waals surface area (Å²) in [6.07, 6.45) is 0. The van der Waals surface area contributed by atoms with Crippen LogP contribution in [-0.4, -0.2) is 40.3 Å². The van der Waals surface area contributed by atoms with Crippen molar-refractivity contribution in [2.45, 2.75) is 6.92 Å². The lowest BCUT2D eigenvalue weighted by atomic mass is 10.1. The summed E-state index contributed by atoms with van der Waals surface area (Å²) >= 11 is 0. The molecule has 0 N–H and O–H groups in total. The van der Waals surface area contributed by atoms with Gasteiger partial charge in [-0.1, -0.05) is 0 Å². The van der Waals surface area contributed by atoms with E-state index in [9.17, 15) is 9.59 Å². The van der Waals surface area contributed by atoms with Gasteiger partial charge in [-0.05, 0) is 12.1 Å². The van der Waals surface area contributed by atoms with Crippen molar-refractivity contribution in [3.8, 4) is 11.5 Å². The van der Waals surface area contributed by atoms with Crippen LogP contribution in [0.25, 0.3) is 0 Å². The van der Waals surface area contributed by atoms with E-state index in [0.717, 1.165) is 0 Å². The SMILES string of the molecule is COC(=O)c1cc(OC)c(N(C)C(C)=O)c(OC)c1. The Labute approximate surface area is 111 Å². The van der Waals surface area contributed by atoms with Crippen LogP contribution in [-0.2, 0) is 9.53 Å². The molecule has 1 aromatic rings. The lowest BCUT2D eigenvalue weighted by Crippen LogP contribution is -2.24. The molecule has 0 aromatic heterocycles. The van der Waals surface area contributed by atoms with Crippen LogP contribution in [0.3, 0.4) is 0 Å². The summed E-state index contributed by atoms with van der Waals surface area (Å²) in [5.41, 5.74) is 0.752. The molecule has 0 fully saturated rings. The van der Waals surface area contributed by atoms with Gasteiger partial charge in [-0.3, -0.25) is 4.79 Å². The Morgan fingerprint density at radius 1 is 1.05 bits per heavy atom. The molecule has 0 bridgehead atoms. The zero-order chi connectivity index (χ0) is 14.6. The van der Waals surface area contributed by atoms with Crippen LogP contribution < -0.4 is 14.4 Å². The zero-order valence-electron chi connectivity index (χ0n) is 11.6. The molecule has 0 atom stereocenters. The summed E-state index contributed by atoms with van der Waals surface area (Å²) < 4.78 is 15.1. The number of hydrogen-bond acceptors (Lipinski definition) is 5. The van der Waals surface area contributed by atoms with Crippen molar-refractivity contribution in [2.75, 3.05) is 33.3 Å². The average Bonchev–Trinajstić information content (AvgIpc) is 2.43. The summed E-state index contributed by atoms with van der Waals surface area (Å²) in [4.78, 5) is 24.4. The lowest BCUT2D eigenvalue weighted by molar-refractivity contribution is -0.116. The Morgan fingerprint density at radius 2 is 1.53 bits per heavy atom. The van der Waals surface area contributed by atoms with Crippen molar-refractivity contribution in [1.29, 1.82) is 0 Å². The van der Waals surface area contributed by atoms with Gasteiger partial charge in [0.15, 0.2) is 0 Å². The molecule has 6 nitrogen and oxygen atoms in total. The molecule has 1 amide bonds. The van der Waals surface area contributed by atoms with Gasteiger partial charge < -0.3 is 19.1 Å². The maximum atomic E-state index is 11.6. The quantitative estimate of drug-likeness (QED) is 0.773. The molecule has 1 rings (SSSR count). The predicted molar refractivity (Wildman–Crippen MR) is 70.0 cm³/mol. The molecule has 0 aliphatic rings. The van der Waals surface area contributed by atoms with Gasteiger partial charge in [0.25, 0.3) is 0 Å². The summed E-state index contributed by atoms with van der Waals surface area (Å²) in [6.45, 7) is 1.42. The van der Waals surface area contributed by atoms with Crippen LogP contribution in [0.4, 0.5) is 5.69 Å². The highest BCUT2D eigenvalue weighted by atomic mass is 16.5. The molecule has 104 valence electrons. The van der Waals surface area contributed by atoms with Crippen LogP contribution in [0, 0.1) is 0 Å². The summed E-state index contributed by atoms with van der Waals surface area (Å²) in [5.74, 6) is 0.0333. The second-order valence-electron chi connectivity index (χ2n) is 3.80. The number of nitrogens with zero attached hydrogens (tertiary/aromatic N) is 1. The largest absolute Gasteiger partial charge is 0.494 e. The number of esters is 1. The van der Waals surface area contributed by atoms with Crippen molar-refractivity contribution in [1.82, 2.24) is 0 Å². The monoisotopic (exact) mass is 267 g/mol. The third-order valence-corrected chi connectivity index (χ3v) is 2.71. The molecule has 0 aliphatic carbocycles. The van der Waals surface area contributed by atoms with Gasteiger partial charge in [0.2, 0.25) is 5.91 Å². The molecular weight excluding hydrogens is 250 g/mol. The van der Waals surface area contributed by atoms with E-state index in [1.54, 1.807) is 7.05 Å². The summed E-state index contributed by atoms with van der Waals surface area (Å²) in [5, 5.41) is 0. The highest BCUT2D eigenvalue weighted by Crippen LogP contribution is 2.38. The second kappa shape index (κ2) is 6.08. The van der Waals surface area contributed by atoms with Gasteiger partial charge in [0, 0.05) is 14.0 Å². The number of ether oxygens (including phenoxy) is 3. The normalized spacial score (nSPS) is 9.74. The molecule has 0 saturated heterocycles. The van der Waals surface area contributed by atoms with E-state index in [-0.39, 0.29) is 11.5 Å². The third-order valence-electron chi connectivity index (χ3n) is 2.71. The third kappa shape index (κ3) is 2.96. The number of carbonyl (C=O) groups is 2. The first-order valence-corrected chi connectivity index (χ1v) is 5.54. The minimum Gasteiger partial charge on any atom is -0.494 e. The van der Waals surface area contributed by atoms with E-state index < -0.39 is 5.97 Å². The Kier molecular flexibility index (Phi) is 4.74. The van der Waals surface area contributed by atoms with Crippen molar-refractivity contribution in [3.05, 3.63) is 17.7 Å². The highest BCUT2D eigenvalue weighted by molar-refractivity contribution is 5.97. The number of anilines is 1. The molecule has 0 saturated carbocycles. The van der Waals surface area contributed by atoms with Crippen molar-refractivity contribution < 1.29 is 23.8 Å². The molecule has 0 radical (unpaired) electrons. The first-order chi connectivity index (χ1) is 8.96. The number of amides is 1. The van der Waals surface area contributed by atoms with Crippen molar-refractivity contribution in [3.63, 3.8) is 0 Å². The molecular formula is C13H17NO5. The maximum absolute atomic E-state index is 11.6. The van der Waals surface area contributed by atoms with E-state index >= 15 is 0 Å². The standard InChI is InChI=1S/C13H17NO5/c1-8(15)14(2)12-10(17-3)6-9(13(16)19-5)7-11(12)18-4/h6-7H,1-5H3. The summed E-state index contributed by atoms with van der Waals surface area (Å²) in [6, 6.07) is 3.01. The predicted octanol–water partition coefficient (Wildman–Crippen LogP) is 1.47. The van der Waals surface area contributed by atoms with Gasteiger partial charge in [0.1, 0.15) is 17.2 Å². The van der Waals surface area contributed by atoms with Crippen LogP contribution in [0.15, 0.2) is 12.1 Å². The fourth-order valence-corrected chi connectivity index (χ4v) is 1.62. The minimum atomic E-state index is -0.506. The zero-order valence-corrected chi connectivity index (χ0v) is 11.6. The van der Waals surface area contributed by atoms with Crippen LogP contribution in [0.2, 0.25) is 0 Å². The van der Waals surface area contributed by atoms with Crippen molar-refractivity contribution in [2.24, 2.45) is 0 Å². The van der Waals surface area contributed by atoms with E-state index in [1.165, 1.54) is 45.3 Å². The number of hydrogen-bond donors (Lipinski definition) is 0. The number of methoxy groups -OCH3 is 3. The first-order valence-electron chi connectivity index (χ1n) is 5.54. The number of benzene rings is 1. The molecule has 19 heavy (non-hydrogen) atoms. The van der Waals surface area contributed by atoms with Crippen molar-refractivity contribution >= 4 is 17.6 Å². The maximum Gasteiger partial charge on any atom is 0.338 e. The molecule has 0 unspecified atom stereocenters. The van der Waals surface area contributed by atoms with Gasteiger partial charge in [0.05, 0.1) is 26.9 Å². The van der Waals surface area contributed by atoms with Gasteiger partial charge in [-0.25, -0.2) is 4.79 Å². The van der Waals surface area contributed by atoms with Gasteiger partial charge in [-0.15, -0.1) is 0 Å². The number of carbonyl (C=O) groups excluding carboxylic acids is 2. The van der Waals surface area contributed by atoms with Gasteiger partial charge >= 0.3 is 5.97 Å². The topological polar surface area (TPSA) is 65.1 Å². The Balaban J connectivity index is 3.46. The lowest BCUT2D eigenvalue weighted by Gasteiger charge is -2.21. The average molecular weight is 267 g/mol. The van der Waals surface area contributed by atoms with Crippen LogP contribution in [0.5, 0.6) is 11.5 Å². The Morgan fingerprint density at radius 3 is 1.84 bits per heavy atom. The summed E-state index contributed by atoms with van der Waals surface area (Å²) in [7, 11) is 5.79. The van der Waals surface area contributed by atoms with E-state index in [0.29, 0.717) is 17.2 Å². The van der Waals surface area contributed by atoms with Crippen LogP contribution >= 0.6 is 0 Å². The highest BCUT2D eigenvalue weighted by Gasteiger charge is 2.21. The van der Waals surface area contributed by atoms with E-state index in [4.69, 9.17) is 9.47 Å². The molecule has 6 heteroatoms. The van der Waals surface area contributed by atoms with Crippen LogP contribution in [0.1, 0.15) is 17.3 Å². The Bertz CT molecular complexity index is 473. The fraction of sp³-hybridized carbons (Fsp3) is 0.385. The fourth-order valence-electron chi connectivity index (χ4n) is 1.62.